The second-order valence-electron chi connectivity index (χ2n) is 6.75. The van der Waals surface area contributed by atoms with Gasteiger partial charge >= 0.3 is 12.0 Å². The maximum atomic E-state index is 12.6. The van der Waals surface area contributed by atoms with Gasteiger partial charge in [-0.05, 0) is 42.9 Å². The van der Waals surface area contributed by atoms with E-state index in [4.69, 9.17) is 16.3 Å². The van der Waals surface area contributed by atoms with Crippen LogP contribution in [-0.2, 0) is 18.2 Å². The molecule has 2 heterocycles. The Labute approximate surface area is 163 Å². The quantitative estimate of drug-likeness (QED) is 0.812. The largest absolute Gasteiger partial charge is 0.464 e. The number of nitrogens with zero attached hydrogens (tertiary/aromatic N) is 3. The van der Waals surface area contributed by atoms with Gasteiger partial charge in [-0.15, -0.1) is 0 Å². The number of piperidine rings is 1. The molecule has 1 aromatic carbocycles. The molecule has 1 aliphatic rings. The number of likely N-dealkylation sites (tertiary alicyclic amines) is 1. The molecule has 27 heavy (non-hydrogen) atoms. The van der Waals surface area contributed by atoms with Crippen LogP contribution in [0.25, 0.3) is 0 Å². The van der Waals surface area contributed by atoms with Gasteiger partial charge in [-0.1, -0.05) is 23.7 Å². The molecule has 1 N–H and O–H groups in total. The van der Waals surface area contributed by atoms with E-state index in [0.29, 0.717) is 24.8 Å². The van der Waals surface area contributed by atoms with E-state index in [2.05, 4.69) is 10.4 Å². The van der Waals surface area contributed by atoms with Crippen LogP contribution >= 0.6 is 11.6 Å². The third kappa shape index (κ3) is 4.80. The fraction of sp³-hybridized carbons (Fsp3) is 0.421. The molecule has 1 aliphatic heterocycles. The monoisotopic (exact) mass is 390 g/mol. The summed E-state index contributed by atoms with van der Waals surface area (Å²) in [6.07, 6.45) is 2.96. The van der Waals surface area contributed by atoms with E-state index in [9.17, 15) is 9.59 Å². The fourth-order valence-electron chi connectivity index (χ4n) is 3.38. The van der Waals surface area contributed by atoms with Gasteiger partial charge in [-0.3, -0.25) is 10.00 Å². The number of aromatic nitrogens is 2. The van der Waals surface area contributed by atoms with Crippen LogP contribution in [0.5, 0.6) is 0 Å². The smallest absolute Gasteiger partial charge is 0.356 e. The number of hydrogen-bond acceptors (Lipinski definition) is 4. The van der Waals surface area contributed by atoms with Gasteiger partial charge in [0.25, 0.3) is 0 Å². The number of anilines is 1. The van der Waals surface area contributed by atoms with E-state index in [1.807, 2.05) is 24.3 Å². The van der Waals surface area contributed by atoms with Gasteiger partial charge in [0, 0.05) is 31.2 Å². The van der Waals surface area contributed by atoms with E-state index in [1.165, 1.54) is 23.4 Å². The molecule has 0 saturated carbocycles. The van der Waals surface area contributed by atoms with Crippen LogP contribution in [0.4, 0.5) is 10.6 Å². The van der Waals surface area contributed by atoms with E-state index in [-0.39, 0.29) is 11.7 Å². The van der Waals surface area contributed by atoms with Crippen molar-refractivity contribution in [2.75, 3.05) is 25.5 Å². The van der Waals surface area contributed by atoms with Crippen molar-refractivity contribution < 1.29 is 14.3 Å². The Balaban J connectivity index is 1.59. The molecule has 1 aromatic heterocycles. The Hall–Kier alpha value is -2.54. The number of carbonyl (C=O) groups is 2. The minimum atomic E-state index is -0.494. The Morgan fingerprint density at radius 3 is 2.78 bits per heavy atom. The molecule has 0 aliphatic carbocycles. The summed E-state index contributed by atoms with van der Waals surface area (Å²) < 4.78 is 6.09. The van der Waals surface area contributed by atoms with E-state index < -0.39 is 5.97 Å². The highest BCUT2D eigenvalue weighted by Crippen LogP contribution is 2.22. The second-order valence-corrected chi connectivity index (χ2v) is 7.18. The molecule has 1 fully saturated rings. The minimum Gasteiger partial charge on any atom is -0.464 e. The molecule has 7 nitrogen and oxygen atoms in total. The molecule has 1 saturated heterocycles. The Morgan fingerprint density at radius 2 is 2.07 bits per heavy atom. The number of benzene rings is 1. The lowest BCUT2D eigenvalue weighted by molar-refractivity contribution is 0.0588. The van der Waals surface area contributed by atoms with E-state index in [0.717, 1.165) is 24.3 Å². The summed E-state index contributed by atoms with van der Waals surface area (Å²) in [4.78, 5) is 26.1. The van der Waals surface area contributed by atoms with Crippen molar-refractivity contribution >= 4 is 29.4 Å². The Kier molecular flexibility index (Phi) is 6.01. The molecule has 3 rings (SSSR count). The summed E-state index contributed by atoms with van der Waals surface area (Å²) in [5, 5.41) is 7.65. The van der Waals surface area contributed by atoms with Crippen LogP contribution in [0.1, 0.15) is 28.9 Å². The lowest BCUT2D eigenvalue weighted by atomic mass is 9.91. The highest BCUT2D eigenvalue weighted by atomic mass is 35.5. The predicted molar refractivity (Wildman–Crippen MR) is 103 cm³/mol. The molecular formula is C19H23ClN4O3. The molecule has 1 unspecified atom stereocenters. The van der Waals surface area contributed by atoms with Crippen LogP contribution in [0, 0.1) is 5.92 Å². The summed E-state index contributed by atoms with van der Waals surface area (Å²) in [5.74, 6) is 0.245. The number of esters is 1. The van der Waals surface area contributed by atoms with Crippen LogP contribution in [0.15, 0.2) is 30.3 Å². The number of nitrogens with one attached hydrogen (secondary N) is 1. The first-order valence-electron chi connectivity index (χ1n) is 8.89. The number of halogens is 1. The number of carbonyl (C=O) groups excluding carboxylic acids is 2. The number of rotatable bonds is 4. The molecule has 2 amide bonds. The van der Waals surface area contributed by atoms with Crippen molar-refractivity contribution in [1.82, 2.24) is 14.7 Å². The summed E-state index contributed by atoms with van der Waals surface area (Å²) >= 11 is 5.94. The standard InChI is InChI=1S/C19H23ClN4O3/c1-23-16(18(25)27-2)11-17(22-23)21-19(26)24-9-3-4-14(12-24)10-13-5-7-15(20)8-6-13/h5-8,11,14H,3-4,9-10,12H2,1-2H3,(H,21,22,26). The lowest BCUT2D eigenvalue weighted by Gasteiger charge is -2.32. The summed E-state index contributed by atoms with van der Waals surface area (Å²) in [6.45, 7) is 1.39. The zero-order valence-corrected chi connectivity index (χ0v) is 16.2. The third-order valence-corrected chi connectivity index (χ3v) is 5.01. The van der Waals surface area contributed by atoms with Crippen LogP contribution in [0.3, 0.4) is 0 Å². The van der Waals surface area contributed by atoms with Crippen molar-refractivity contribution in [3.05, 3.63) is 46.6 Å². The summed E-state index contributed by atoms with van der Waals surface area (Å²) in [7, 11) is 2.94. The first kappa shape index (κ1) is 19.2. The zero-order chi connectivity index (χ0) is 19.4. The molecule has 0 bridgehead atoms. The third-order valence-electron chi connectivity index (χ3n) is 4.75. The van der Waals surface area contributed by atoms with Crippen molar-refractivity contribution in [2.45, 2.75) is 19.3 Å². The van der Waals surface area contributed by atoms with E-state index >= 15 is 0 Å². The molecule has 144 valence electrons. The first-order chi connectivity index (χ1) is 13.0. The molecule has 8 heteroatoms. The van der Waals surface area contributed by atoms with Crippen LogP contribution < -0.4 is 5.32 Å². The minimum absolute atomic E-state index is 0.203. The van der Waals surface area contributed by atoms with Crippen molar-refractivity contribution in [3.8, 4) is 0 Å². The Morgan fingerprint density at radius 1 is 1.33 bits per heavy atom. The summed E-state index contributed by atoms with van der Waals surface area (Å²) in [6, 6.07) is 9.16. The summed E-state index contributed by atoms with van der Waals surface area (Å²) in [5.41, 5.74) is 1.51. The average molecular weight is 391 g/mol. The van der Waals surface area contributed by atoms with E-state index in [1.54, 1.807) is 11.9 Å². The topological polar surface area (TPSA) is 76.5 Å². The highest BCUT2D eigenvalue weighted by molar-refractivity contribution is 6.30. The van der Waals surface area contributed by atoms with Crippen molar-refractivity contribution in [2.24, 2.45) is 13.0 Å². The normalized spacial score (nSPS) is 16.9. The number of hydrogen-bond donors (Lipinski definition) is 1. The number of amides is 2. The average Bonchev–Trinajstić information content (AvgIpc) is 3.03. The van der Waals surface area contributed by atoms with Gasteiger partial charge in [-0.25, -0.2) is 9.59 Å². The predicted octanol–water partition coefficient (Wildman–Crippen LogP) is 3.35. The lowest BCUT2D eigenvalue weighted by Crippen LogP contribution is -2.42. The maximum absolute atomic E-state index is 12.6. The molecular weight excluding hydrogens is 368 g/mol. The second kappa shape index (κ2) is 8.43. The molecule has 2 aromatic rings. The first-order valence-corrected chi connectivity index (χ1v) is 9.27. The van der Waals surface area contributed by atoms with Crippen molar-refractivity contribution in [1.29, 1.82) is 0 Å². The number of methoxy groups -OCH3 is 1. The molecule has 0 spiro atoms. The van der Waals surface area contributed by atoms with Gasteiger partial charge in [0.2, 0.25) is 0 Å². The number of aryl methyl sites for hydroxylation is 1. The molecule has 1 atom stereocenters. The van der Waals surface area contributed by atoms with Crippen LogP contribution in [0.2, 0.25) is 5.02 Å². The SMILES string of the molecule is COC(=O)c1cc(NC(=O)N2CCCC(Cc3ccc(Cl)cc3)C2)nn1C. The van der Waals surface area contributed by atoms with Gasteiger partial charge in [0.15, 0.2) is 5.82 Å². The fourth-order valence-corrected chi connectivity index (χ4v) is 3.51. The van der Waals surface area contributed by atoms with Crippen LogP contribution in [-0.4, -0.2) is 46.9 Å². The maximum Gasteiger partial charge on any atom is 0.356 e. The van der Waals surface area contributed by atoms with Gasteiger partial charge < -0.3 is 9.64 Å². The zero-order valence-electron chi connectivity index (χ0n) is 15.4. The van der Waals surface area contributed by atoms with Gasteiger partial charge in [-0.2, -0.15) is 5.10 Å². The Bertz CT molecular complexity index is 819. The highest BCUT2D eigenvalue weighted by Gasteiger charge is 2.25. The molecule has 0 radical (unpaired) electrons. The number of urea groups is 1. The van der Waals surface area contributed by atoms with Gasteiger partial charge in [0.1, 0.15) is 5.69 Å². The number of ether oxygens (including phenoxy) is 1. The van der Waals surface area contributed by atoms with Gasteiger partial charge in [0.05, 0.1) is 7.11 Å². The van der Waals surface area contributed by atoms with Crippen molar-refractivity contribution in [3.63, 3.8) is 0 Å².